The lowest BCUT2D eigenvalue weighted by Crippen LogP contribution is -2.44. The van der Waals surface area contributed by atoms with E-state index in [2.05, 4.69) is 24.4 Å². The lowest BCUT2D eigenvalue weighted by molar-refractivity contribution is 0.257. The van der Waals surface area contributed by atoms with Gasteiger partial charge in [-0.05, 0) is 31.2 Å². The third-order valence-corrected chi connectivity index (χ3v) is 4.72. The lowest BCUT2D eigenvalue weighted by atomic mass is 9.69. The third kappa shape index (κ3) is 1.61. The molecule has 14 heavy (non-hydrogen) atoms. The standard InChI is InChI=1S/C12H19NS/c1-10(13)12(7-3-2-4-8-12)11-6-5-9-14-11/h5-6,9-10H,2-4,7-8,13H2,1H3. The smallest absolute Gasteiger partial charge is 0.0195 e. The number of rotatable bonds is 2. The summed E-state index contributed by atoms with van der Waals surface area (Å²) in [5, 5.41) is 2.17. The normalized spacial score (nSPS) is 23.3. The molecule has 2 heteroatoms. The van der Waals surface area contributed by atoms with Gasteiger partial charge in [0.2, 0.25) is 0 Å². The van der Waals surface area contributed by atoms with Crippen molar-refractivity contribution in [1.29, 1.82) is 0 Å². The van der Waals surface area contributed by atoms with Crippen molar-refractivity contribution in [2.75, 3.05) is 0 Å². The largest absolute Gasteiger partial charge is 0.327 e. The summed E-state index contributed by atoms with van der Waals surface area (Å²) in [7, 11) is 0. The minimum absolute atomic E-state index is 0.293. The molecule has 2 rings (SSSR count). The van der Waals surface area contributed by atoms with Gasteiger partial charge >= 0.3 is 0 Å². The number of thiophene rings is 1. The van der Waals surface area contributed by atoms with Gasteiger partial charge in [-0.25, -0.2) is 0 Å². The van der Waals surface area contributed by atoms with Gasteiger partial charge in [-0.1, -0.05) is 25.3 Å². The van der Waals surface area contributed by atoms with E-state index in [1.54, 1.807) is 0 Å². The van der Waals surface area contributed by atoms with Crippen molar-refractivity contribution in [3.8, 4) is 0 Å². The Morgan fingerprint density at radius 2 is 2.07 bits per heavy atom. The molecule has 1 aromatic rings. The zero-order chi connectivity index (χ0) is 10.0. The van der Waals surface area contributed by atoms with Crippen LogP contribution in [0.5, 0.6) is 0 Å². The Balaban J connectivity index is 2.30. The highest BCUT2D eigenvalue weighted by Gasteiger charge is 2.37. The van der Waals surface area contributed by atoms with Crippen LogP contribution in [0, 0.1) is 0 Å². The molecule has 0 spiro atoms. The first-order valence-electron chi connectivity index (χ1n) is 5.55. The maximum Gasteiger partial charge on any atom is 0.0195 e. The molecule has 1 aromatic heterocycles. The molecule has 0 saturated heterocycles. The Kier molecular flexibility index (Phi) is 2.93. The molecule has 2 N–H and O–H groups in total. The fourth-order valence-corrected chi connectivity index (χ4v) is 3.76. The molecule has 0 aromatic carbocycles. The molecule has 1 aliphatic carbocycles. The molecular weight excluding hydrogens is 190 g/mol. The highest BCUT2D eigenvalue weighted by atomic mass is 32.1. The van der Waals surface area contributed by atoms with Crippen molar-refractivity contribution in [3.63, 3.8) is 0 Å². The quantitative estimate of drug-likeness (QED) is 0.794. The maximum atomic E-state index is 6.20. The van der Waals surface area contributed by atoms with Gasteiger partial charge in [0, 0.05) is 16.3 Å². The van der Waals surface area contributed by atoms with Crippen LogP contribution in [-0.2, 0) is 5.41 Å². The molecule has 0 bridgehead atoms. The van der Waals surface area contributed by atoms with E-state index in [0.717, 1.165) is 0 Å². The van der Waals surface area contributed by atoms with Gasteiger partial charge in [-0.3, -0.25) is 0 Å². The summed E-state index contributed by atoms with van der Waals surface area (Å²) in [5.74, 6) is 0. The minimum Gasteiger partial charge on any atom is -0.327 e. The Labute approximate surface area is 90.3 Å². The van der Waals surface area contributed by atoms with E-state index < -0.39 is 0 Å². The maximum absolute atomic E-state index is 6.20. The summed E-state index contributed by atoms with van der Waals surface area (Å²) in [6.45, 7) is 2.17. The van der Waals surface area contributed by atoms with E-state index in [1.807, 2.05) is 11.3 Å². The summed E-state index contributed by atoms with van der Waals surface area (Å²) >= 11 is 1.88. The molecule has 1 heterocycles. The van der Waals surface area contributed by atoms with E-state index in [9.17, 15) is 0 Å². The van der Waals surface area contributed by atoms with Crippen LogP contribution < -0.4 is 5.73 Å². The van der Waals surface area contributed by atoms with E-state index in [4.69, 9.17) is 5.73 Å². The van der Waals surface area contributed by atoms with Crippen molar-refractivity contribution in [2.45, 2.75) is 50.5 Å². The SMILES string of the molecule is CC(N)C1(c2cccs2)CCCCC1. The molecule has 1 fully saturated rings. The first kappa shape index (κ1) is 10.2. The summed E-state index contributed by atoms with van der Waals surface area (Å²) < 4.78 is 0. The first-order valence-corrected chi connectivity index (χ1v) is 6.43. The van der Waals surface area contributed by atoms with Crippen LogP contribution in [-0.4, -0.2) is 6.04 Å². The van der Waals surface area contributed by atoms with E-state index >= 15 is 0 Å². The first-order chi connectivity index (χ1) is 6.76. The van der Waals surface area contributed by atoms with Crippen LogP contribution in [0.2, 0.25) is 0 Å². The molecule has 0 amide bonds. The van der Waals surface area contributed by atoms with Gasteiger partial charge in [0.1, 0.15) is 0 Å². The Hall–Kier alpha value is -0.340. The molecule has 0 radical (unpaired) electrons. The van der Waals surface area contributed by atoms with E-state index in [0.29, 0.717) is 11.5 Å². The molecular formula is C12H19NS. The zero-order valence-corrected chi connectivity index (χ0v) is 9.65. The van der Waals surface area contributed by atoms with Crippen molar-refractivity contribution in [2.24, 2.45) is 5.73 Å². The topological polar surface area (TPSA) is 26.0 Å². The van der Waals surface area contributed by atoms with Gasteiger partial charge < -0.3 is 5.73 Å². The molecule has 1 nitrogen and oxygen atoms in total. The predicted octanol–water partition coefficient (Wildman–Crippen LogP) is 3.30. The third-order valence-electron chi connectivity index (χ3n) is 3.63. The molecule has 1 aliphatic rings. The summed E-state index contributed by atoms with van der Waals surface area (Å²) in [4.78, 5) is 1.51. The van der Waals surface area contributed by atoms with Crippen LogP contribution in [0.4, 0.5) is 0 Å². The van der Waals surface area contributed by atoms with Gasteiger partial charge in [0.15, 0.2) is 0 Å². The van der Waals surface area contributed by atoms with Crippen LogP contribution in [0.15, 0.2) is 17.5 Å². The van der Waals surface area contributed by atoms with Crippen LogP contribution >= 0.6 is 11.3 Å². The Morgan fingerprint density at radius 1 is 1.36 bits per heavy atom. The molecule has 1 unspecified atom stereocenters. The van der Waals surface area contributed by atoms with Crippen LogP contribution in [0.1, 0.15) is 43.9 Å². The summed E-state index contributed by atoms with van der Waals surface area (Å²) in [6, 6.07) is 4.71. The van der Waals surface area contributed by atoms with Gasteiger partial charge in [-0.2, -0.15) is 0 Å². The summed E-state index contributed by atoms with van der Waals surface area (Å²) in [5.41, 5.74) is 6.50. The van der Waals surface area contributed by atoms with Crippen molar-refractivity contribution in [1.82, 2.24) is 0 Å². The van der Waals surface area contributed by atoms with Gasteiger partial charge in [-0.15, -0.1) is 11.3 Å². The van der Waals surface area contributed by atoms with E-state index in [1.165, 1.54) is 37.0 Å². The average molecular weight is 209 g/mol. The highest BCUT2D eigenvalue weighted by molar-refractivity contribution is 7.10. The molecule has 78 valence electrons. The van der Waals surface area contributed by atoms with Gasteiger partial charge in [0.05, 0.1) is 0 Å². The van der Waals surface area contributed by atoms with Crippen LogP contribution in [0.3, 0.4) is 0 Å². The zero-order valence-electron chi connectivity index (χ0n) is 8.83. The number of nitrogens with two attached hydrogens (primary N) is 1. The Morgan fingerprint density at radius 3 is 2.57 bits per heavy atom. The van der Waals surface area contributed by atoms with E-state index in [-0.39, 0.29) is 0 Å². The lowest BCUT2D eigenvalue weighted by Gasteiger charge is -2.40. The van der Waals surface area contributed by atoms with Crippen molar-refractivity contribution >= 4 is 11.3 Å². The predicted molar refractivity (Wildman–Crippen MR) is 62.7 cm³/mol. The van der Waals surface area contributed by atoms with Crippen molar-refractivity contribution in [3.05, 3.63) is 22.4 Å². The molecule has 1 atom stereocenters. The fraction of sp³-hybridized carbons (Fsp3) is 0.667. The second kappa shape index (κ2) is 4.03. The molecule has 0 aliphatic heterocycles. The van der Waals surface area contributed by atoms with Crippen LogP contribution in [0.25, 0.3) is 0 Å². The monoisotopic (exact) mass is 209 g/mol. The second-order valence-electron chi connectivity index (χ2n) is 4.48. The Bertz CT molecular complexity index is 271. The van der Waals surface area contributed by atoms with Crippen molar-refractivity contribution < 1.29 is 0 Å². The molecule has 1 saturated carbocycles. The number of hydrogen-bond acceptors (Lipinski definition) is 2. The van der Waals surface area contributed by atoms with Gasteiger partial charge in [0.25, 0.3) is 0 Å². The number of hydrogen-bond donors (Lipinski definition) is 1. The fourth-order valence-electron chi connectivity index (χ4n) is 2.67. The second-order valence-corrected chi connectivity index (χ2v) is 5.43. The minimum atomic E-state index is 0.293. The highest BCUT2D eigenvalue weighted by Crippen LogP contribution is 2.43. The summed E-state index contributed by atoms with van der Waals surface area (Å²) in [6.07, 6.45) is 6.65. The average Bonchev–Trinajstić information content (AvgIpc) is 2.72.